The number of fused-ring (bicyclic) bond motifs is 2. The van der Waals surface area contributed by atoms with Gasteiger partial charge < -0.3 is 14.8 Å². The van der Waals surface area contributed by atoms with E-state index in [-0.39, 0.29) is 12.0 Å². The molecule has 0 saturated carbocycles. The SMILES string of the molecule is O=C(CCCn1nnnc1CN1CCc2ccccc2C1)NCC1COc2ccccc2O1. The summed E-state index contributed by atoms with van der Waals surface area (Å²) in [7, 11) is 0. The number of amides is 1. The van der Waals surface area contributed by atoms with E-state index in [2.05, 4.69) is 50.0 Å². The van der Waals surface area contributed by atoms with Gasteiger partial charge in [-0.05, 0) is 46.5 Å². The van der Waals surface area contributed by atoms with Crippen LogP contribution in [-0.4, -0.2) is 56.8 Å². The van der Waals surface area contributed by atoms with Crippen molar-refractivity contribution < 1.29 is 14.3 Å². The molecule has 2 aliphatic heterocycles. The molecule has 33 heavy (non-hydrogen) atoms. The quantitative estimate of drug-likeness (QED) is 0.563. The molecular formula is C24H28N6O3. The molecule has 2 aliphatic rings. The van der Waals surface area contributed by atoms with Crippen molar-refractivity contribution >= 4 is 5.91 Å². The lowest BCUT2D eigenvalue weighted by Gasteiger charge is -2.28. The van der Waals surface area contributed by atoms with Crippen LogP contribution in [0.25, 0.3) is 0 Å². The molecule has 5 rings (SSSR count). The van der Waals surface area contributed by atoms with E-state index in [1.807, 2.05) is 28.9 Å². The number of carbonyl (C=O) groups excluding carboxylic acids is 1. The number of hydrogen-bond donors (Lipinski definition) is 1. The van der Waals surface area contributed by atoms with Gasteiger partial charge in [-0.15, -0.1) is 5.10 Å². The molecule has 2 aromatic carbocycles. The molecule has 1 atom stereocenters. The van der Waals surface area contributed by atoms with Crippen LogP contribution in [0.3, 0.4) is 0 Å². The zero-order chi connectivity index (χ0) is 22.5. The van der Waals surface area contributed by atoms with Crippen molar-refractivity contribution in [2.45, 2.75) is 45.0 Å². The highest BCUT2D eigenvalue weighted by atomic mass is 16.6. The normalized spacial score (nSPS) is 17.4. The molecule has 9 heteroatoms. The third-order valence-corrected chi connectivity index (χ3v) is 6.05. The van der Waals surface area contributed by atoms with Crippen LogP contribution < -0.4 is 14.8 Å². The number of nitrogens with zero attached hydrogens (tertiary/aromatic N) is 5. The topological polar surface area (TPSA) is 94.4 Å². The maximum atomic E-state index is 12.3. The van der Waals surface area contributed by atoms with Crippen LogP contribution in [0.4, 0.5) is 0 Å². The molecule has 0 fully saturated rings. The predicted molar refractivity (Wildman–Crippen MR) is 121 cm³/mol. The van der Waals surface area contributed by atoms with E-state index >= 15 is 0 Å². The van der Waals surface area contributed by atoms with Crippen LogP contribution in [0.15, 0.2) is 48.5 Å². The summed E-state index contributed by atoms with van der Waals surface area (Å²) in [5.74, 6) is 2.28. The van der Waals surface area contributed by atoms with Crippen molar-refractivity contribution in [2.75, 3.05) is 19.7 Å². The molecule has 0 saturated heterocycles. The first kappa shape index (κ1) is 21.4. The Morgan fingerprint density at radius 3 is 2.82 bits per heavy atom. The Morgan fingerprint density at radius 1 is 1.09 bits per heavy atom. The van der Waals surface area contributed by atoms with Gasteiger partial charge in [0.2, 0.25) is 5.91 Å². The van der Waals surface area contributed by atoms with E-state index in [0.29, 0.717) is 44.8 Å². The van der Waals surface area contributed by atoms with E-state index in [9.17, 15) is 4.79 Å². The molecule has 0 aliphatic carbocycles. The van der Waals surface area contributed by atoms with Crippen molar-refractivity contribution in [3.63, 3.8) is 0 Å². The highest BCUT2D eigenvalue weighted by molar-refractivity contribution is 5.75. The number of tetrazole rings is 1. The first-order chi connectivity index (χ1) is 16.2. The standard InChI is InChI=1S/C24H28N6O3/c31-24(25-14-20-17-32-21-8-3-4-9-22(21)33-20)10-5-12-30-23(26-27-28-30)16-29-13-11-18-6-1-2-7-19(18)15-29/h1-4,6-9,20H,5,10-17H2,(H,25,31). The zero-order valence-corrected chi connectivity index (χ0v) is 18.5. The van der Waals surface area contributed by atoms with Crippen molar-refractivity contribution in [3.8, 4) is 11.5 Å². The van der Waals surface area contributed by atoms with Crippen molar-refractivity contribution in [3.05, 3.63) is 65.5 Å². The molecule has 3 heterocycles. The average molecular weight is 449 g/mol. The Kier molecular flexibility index (Phi) is 6.48. The number of benzene rings is 2. The largest absolute Gasteiger partial charge is 0.486 e. The Labute approximate surface area is 192 Å². The fraction of sp³-hybridized carbons (Fsp3) is 0.417. The fourth-order valence-electron chi connectivity index (χ4n) is 4.27. The lowest BCUT2D eigenvalue weighted by molar-refractivity contribution is -0.121. The van der Waals surface area contributed by atoms with Gasteiger partial charge in [0.05, 0.1) is 13.1 Å². The Hall–Kier alpha value is -3.46. The van der Waals surface area contributed by atoms with E-state index in [1.165, 1.54) is 11.1 Å². The van der Waals surface area contributed by atoms with E-state index < -0.39 is 0 Å². The molecular weight excluding hydrogens is 420 g/mol. The summed E-state index contributed by atoms with van der Waals surface area (Å²) < 4.78 is 13.4. The first-order valence-electron chi connectivity index (χ1n) is 11.4. The van der Waals surface area contributed by atoms with Gasteiger partial charge in [-0.1, -0.05) is 36.4 Å². The molecule has 1 amide bonds. The summed E-state index contributed by atoms with van der Waals surface area (Å²) in [6.45, 7) is 4.04. The second kappa shape index (κ2) is 9.99. The highest BCUT2D eigenvalue weighted by Gasteiger charge is 2.21. The van der Waals surface area contributed by atoms with Crippen molar-refractivity contribution in [1.29, 1.82) is 0 Å². The molecule has 0 spiro atoms. The molecule has 172 valence electrons. The third-order valence-electron chi connectivity index (χ3n) is 6.05. The number of nitrogens with one attached hydrogen (secondary N) is 1. The Balaban J connectivity index is 1.04. The number of para-hydroxylation sites is 2. The second-order valence-corrected chi connectivity index (χ2v) is 8.45. The second-order valence-electron chi connectivity index (χ2n) is 8.45. The van der Waals surface area contributed by atoms with Crippen LogP contribution >= 0.6 is 0 Å². The smallest absolute Gasteiger partial charge is 0.220 e. The van der Waals surface area contributed by atoms with Crippen molar-refractivity contribution in [2.24, 2.45) is 0 Å². The summed E-state index contributed by atoms with van der Waals surface area (Å²) in [5, 5.41) is 15.1. The summed E-state index contributed by atoms with van der Waals surface area (Å²) in [4.78, 5) is 14.7. The minimum absolute atomic E-state index is 0.0141. The summed E-state index contributed by atoms with van der Waals surface area (Å²) in [5.41, 5.74) is 2.80. The van der Waals surface area contributed by atoms with E-state index in [4.69, 9.17) is 9.47 Å². The summed E-state index contributed by atoms with van der Waals surface area (Å²) in [6.07, 6.45) is 1.92. The maximum Gasteiger partial charge on any atom is 0.220 e. The number of carbonyl (C=O) groups is 1. The maximum absolute atomic E-state index is 12.3. The Morgan fingerprint density at radius 2 is 1.91 bits per heavy atom. The van der Waals surface area contributed by atoms with E-state index in [1.54, 1.807) is 0 Å². The number of aryl methyl sites for hydroxylation is 1. The molecule has 0 radical (unpaired) electrons. The average Bonchev–Trinajstić information content (AvgIpc) is 3.29. The number of rotatable bonds is 8. The van der Waals surface area contributed by atoms with Gasteiger partial charge >= 0.3 is 0 Å². The van der Waals surface area contributed by atoms with Crippen LogP contribution in [0.2, 0.25) is 0 Å². The minimum atomic E-state index is -0.190. The Bertz CT molecular complexity index is 1100. The van der Waals surface area contributed by atoms with Crippen LogP contribution in [0, 0.1) is 0 Å². The van der Waals surface area contributed by atoms with Gasteiger partial charge in [-0.2, -0.15) is 0 Å². The molecule has 1 N–H and O–H groups in total. The van der Waals surface area contributed by atoms with Gasteiger partial charge in [-0.25, -0.2) is 4.68 Å². The van der Waals surface area contributed by atoms with Gasteiger partial charge in [0, 0.05) is 26.1 Å². The fourth-order valence-corrected chi connectivity index (χ4v) is 4.27. The number of ether oxygens (including phenoxy) is 2. The molecule has 9 nitrogen and oxygen atoms in total. The lowest BCUT2D eigenvalue weighted by atomic mass is 10.00. The molecule has 0 bridgehead atoms. The monoisotopic (exact) mass is 448 g/mol. The third kappa shape index (κ3) is 5.31. The number of aromatic nitrogens is 4. The van der Waals surface area contributed by atoms with Gasteiger partial charge in [0.25, 0.3) is 0 Å². The van der Waals surface area contributed by atoms with Crippen LogP contribution in [0.5, 0.6) is 11.5 Å². The summed E-state index contributed by atoms with van der Waals surface area (Å²) in [6, 6.07) is 16.1. The first-order valence-corrected chi connectivity index (χ1v) is 11.4. The van der Waals surface area contributed by atoms with Gasteiger partial charge in [0.15, 0.2) is 17.3 Å². The van der Waals surface area contributed by atoms with Crippen LogP contribution in [-0.2, 0) is 30.8 Å². The number of hydrogen-bond acceptors (Lipinski definition) is 7. The van der Waals surface area contributed by atoms with Gasteiger partial charge in [0.1, 0.15) is 12.7 Å². The summed E-state index contributed by atoms with van der Waals surface area (Å²) >= 11 is 0. The molecule has 1 aromatic heterocycles. The van der Waals surface area contributed by atoms with Gasteiger partial charge in [-0.3, -0.25) is 9.69 Å². The predicted octanol–water partition coefficient (Wildman–Crippen LogP) is 1.97. The lowest BCUT2D eigenvalue weighted by Crippen LogP contribution is -2.40. The minimum Gasteiger partial charge on any atom is -0.486 e. The molecule has 3 aromatic rings. The van der Waals surface area contributed by atoms with Crippen molar-refractivity contribution in [1.82, 2.24) is 30.4 Å². The highest BCUT2D eigenvalue weighted by Crippen LogP contribution is 2.30. The zero-order valence-electron chi connectivity index (χ0n) is 18.5. The molecule has 1 unspecified atom stereocenters. The van der Waals surface area contributed by atoms with Crippen LogP contribution in [0.1, 0.15) is 29.8 Å². The van der Waals surface area contributed by atoms with E-state index in [0.717, 1.165) is 31.1 Å².